The molecule has 0 spiro atoms. The number of aromatic nitrogens is 2. The number of amides is 1. The van der Waals surface area contributed by atoms with Crippen LogP contribution in [-0.2, 0) is 23.2 Å². The third-order valence-electron chi connectivity index (χ3n) is 8.26. The van der Waals surface area contributed by atoms with Crippen molar-refractivity contribution in [1.82, 2.24) is 14.5 Å². The van der Waals surface area contributed by atoms with E-state index in [0.29, 0.717) is 16.5 Å². The lowest BCUT2D eigenvalue weighted by Crippen LogP contribution is -2.44. The van der Waals surface area contributed by atoms with Crippen LogP contribution in [0.15, 0.2) is 48.8 Å². The highest BCUT2D eigenvalue weighted by Crippen LogP contribution is 2.38. The Kier molecular flexibility index (Phi) is 7.35. The average molecular weight is 531 g/mol. The number of benzene rings is 2. The monoisotopic (exact) mass is 530 g/mol. The fourth-order valence-electron chi connectivity index (χ4n) is 6.42. The van der Waals surface area contributed by atoms with Crippen LogP contribution in [0.2, 0.25) is 5.02 Å². The summed E-state index contributed by atoms with van der Waals surface area (Å²) in [6.07, 6.45) is 9.49. The first kappa shape index (κ1) is 26.5. The van der Waals surface area contributed by atoms with Crippen molar-refractivity contribution >= 4 is 17.5 Å². The SMILES string of the molecule is CC(=O)N(CC1Cc2ccc(C#N)cc2C1)C1CCC(n2ccnc2-c2cc(Cl)ccc2C(C)(C)O)CC1. The van der Waals surface area contributed by atoms with Crippen molar-refractivity contribution in [3.63, 3.8) is 0 Å². The molecule has 0 saturated heterocycles. The fraction of sp³-hybridized carbons (Fsp3) is 0.452. The molecule has 2 aliphatic rings. The van der Waals surface area contributed by atoms with E-state index >= 15 is 0 Å². The summed E-state index contributed by atoms with van der Waals surface area (Å²) in [6, 6.07) is 14.3. The molecule has 1 N–H and O–H groups in total. The number of hydrogen-bond acceptors (Lipinski definition) is 4. The summed E-state index contributed by atoms with van der Waals surface area (Å²) in [5, 5.41) is 20.6. The molecule has 0 radical (unpaired) electrons. The van der Waals surface area contributed by atoms with E-state index in [1.807, 2.05) is 36.7 Å². The van der Waals surface area contributed by atoms with E-state index in [0.717, 1.165) is 62.0 Å². The number of halogens is 1. The molecule has 7 heteroatoms. The van der Waals surface area contributed by atoms with Gasteiger partial charge in [0, 0.05) is 48.5 Å². The van der Waals surface area contributed by atoms with Gasteiger partial charge >= 0.3 is 0 Å². The number of carbonyl (C=O) groups excluding carboxylic acids is 1. The van der Waals surface area contributed by atoms with E-state index in [-0.39, 0.29) is 18.0 Å². The predicted octanol–water partition coefficient (Wildman–Crippen LogP) is 6.05. The maximum Gasteiger partial charge on any atom is 0.219 e. The first-order valence-electron chi connectivity index (χ1n) is 13.5. The van der Waals surface area contributed by atoms with Gasteiger partial charge in [-0.25, -0.2) is 4.98 Å². The lowest BCUT2D eigenvalue weighted by Gasteiger charge is -2.38. The number of rotatable bonds is 6. The smallest absolute Gasteiger partial charge is 0.219 e. The molecule has 2 aromatic carbocycles. The van der Waals surface area contributed by atoms with Gasteiger partial charge in [0.1, 0.15) is 5.82 Å². The molecule has 6 nitrogen and oxygen atoms in total. The van der Waals surface area contributed by atoms with E-state index < -0.39 is 5.60 Å². The van der Waals surface area contributed by atoms with Crippen molar-refractivity contribution in [2.24, 2.45) is 5.92 Å². The zero-order valence-corrected chi connectivity index (χ0v) is 23.1. The van der Waals surface area contributed by atoms with Crippen LogP contribution in [0.5, 0.6) is 0 Å². The van der Waals surface area contributed by atoms with E-state index in [2.05, 4.69) is 26.6 Å². The maximum absolute atomic E-state index is 12.7. The Morgan fingerprint density at radius 2 is 1.89 bits per heavy atom. The van der Waals surface area contributed by atoms with Crippen molar-refractivity contribution in [3.05, 3.63) is 76.1 Å². The van der Waals surface area contributed by atoms with Gasteiger partial charge in [0.05, 0.1) is 17.2 Å². The number of fused-ring (bicyclic) bond motifs is 1. The lowest BCUT2D eigenvalue weighted by atomic mass is 9.88. The van der Waals surface area contributed by atoms with Gasteiger partial charge in [-0.2, -0.15) is 5.26 Å². The van der Waals surface area contributed by atoms with Crippen molar-refractivity contribution in [2.75, 3.05) is 6.54 Å². The Morgan fingerprint density at radius 1 is 1.16 bits per heavy atom. The van der Waals surface area contributed by atoms with Crippen molar-refractivity contribution in [1.29, 1.82) is 5.26 Å². The highest BCUT2D eigenvalue weighted by Gasteiger charge is 2.33. The van der Waals surface area contributed by atoms with E-state index in [1.165, 1.54) is 11.1 Å². The summed E-state index contributed by atoms with van der Waals surface area (Å²) >= 11 is 6.35. The molecule has 1 fully saturated rings. The van der Waals surface area contributed by atoms with Gasteiger partial charge in [0.15, 0.2) is 0 Å². The third kappa shape index (κ3) is 5.36. The zero-order chi connectivity index (χ0) is 27.0. The predicted molar refractivity (Wildman–Crippen MR) is 149 cm³/mol. The van der Waals surface area contributed by atoms with Crippen LogP contribution in [0.3, 0.4) is 0 Å². The molecule has 2 aliphatic carbocycles. The van der Waals surface area contributed by atoms with Crippen molar-refractivity contribution in [3.8, 4) is 17.5 Å². The Hall–Kier alpha value is -3.14. The minimum atomic E-state index is -1.02. The van der Waals surface area contributed by atoms with Crippen LogP contribution in [0.4, 0.5) is 0 Å². The molecule has 3 aromatic rings. The van der Waals surface area contributed by atoms with Gasteiger partial charge in [-0.05, 0) is 99.2 Å². The van der Waals surface area contributed by atoms with Gasteiger partial charge in [-0.1, -0.05) is 23.7 Å². The normalized spacial score (nSPS) is 21.1. The van der Waals surface area contributed by atoms with Gasteiger partial charge in [0.2, 0.25) is 5.91 Å². The molecule has 198 valence electrons. The molecule has 1 aromatic heterocycles. The molecule has 38 heavy (non-hydrogen) atoms. The Balaban J connectivity index is 1.28. The van der Waals surface area contributed by atoms with E-state index in [1.54, 1.807) is 26.8 Å². The van der Waals surface area contributed by atoms with Gasteiger partial charge in [0.25, 0.3) is 0 Å². The topological polar surface area (TPSA) is 82.2 Å². The second-order valence-corrected chi connectivity index (χ2v) is 11.8. The number of nitriles is 1. The maximum atomic E-state index is 12.7. The Morgan fingerprint density at radius 3 is 2.58 bits per heavy atom. The molecular formula is C31H35ClN4O2. The number of nitrogens with zero attached hydrogens (tertiary/aromatic N) is 4. The molecule has 1 heterocycles. The van der Waals surface area contributed by atoms with Crippen molar-refractivity contribution in [2.45, 2.75) is 77.0 Å². The van der Waals surface area contributed by atoms with Crippen molar-refractivity contribution < 1.29 is 9.90 Å². The first-order valence-corrected chi connectivity index (χ1v) is 13.9. The minimum Gasteiger partial charge on any atom is -0.386 e. The summed E-state index contributed by atoms with van der Waals surface area (Å²) in [5.41, 5.74) is 3.89. The lowest BCUT2D eigenvalue weighted by molar-refractivity contribution is -0.132. The second-order valence-electron chi connectivity index (χ2n) is 11.4. The third-order valence-corrected chi connectivity index (χ3v) is 8.50. The van der Waals surface area contributed by atoms with E-state index in [4.69, 9.17) is 11.6 Å². The molecule has 1 saturated carbocycles. The minimum absolute atomic E-state index is 0.138. The largest absolute Gasteiger partial charge is 0.386 e. The second kappa shape index (κ2) is 10.6. The summed E-state index contributed by atoms with van der Waals surface area (Å²) in [7, 11) is 0. The molecule has 1 atom stereocenters. The summed E-state index contributed by atoms with van der Waals surface area (Å²) in [6.45, 7) is 6.00. The van der Waals surface area contributed by atoms with Gasteiger partial charge in [-0.15, -0.1) is 0 Å². The van der Waals surface area contributed by atoms with Gasteiger partial charge in [-0.3, -0.25) is 4.79 Å². The molecule has 1 amide bonds. The average Bonchev–Trinajstić information content (AvgIpc) is 3.53. The highest BCUT2D eigenvalue weighted by molar-refractivity contribution is 6.30. The zero-order valence-electron chi connectivity index (χ0n) is 22.3. The summed E-state index contributed by atoms with van der Waals surface area (Å²) in [5.74, 6) is 1.35. The summed E-state index contributed by atoms with van der Waals surface area (Å²) in [4.78, 5) is 19.5. The number of imidazole rings is 1. The quantitative estimate of drug-likeness (QED) is 0.420. The molecule has 5 rings (SSSR count). The number of carbonyl (C=O) groups is 1. The number of aliphatic hydroxyl groups is 1. The molecule has 0 bridgehead atoms. The van der Waals surface area contributed by atoms with Crippen LogP contribution in [0.1, 0.15) is 74.8 Å². The summed E-state index contributed by atoms with van der Waals surface area (Å²) < 4.78 is 2.22. The molecule has 1 unspecified atom stereocenters. The van der Waals surface area contributed by atoms with Crippen LogP contribution in [0.25, 0.3) is 11.4 Å². The Labute approximate surface area is 229 Å². The van der Waals surface area contributed by atoms with Gasteiger partial charge < -0.3 is 14.6 Å². The fourth-order valence-corrected chi connectivity index (χ4v) is 6.59. The standard InChI is InChI=1S/C31H35ClN4O2/c1-20(37)36(19-22-15-23-5-4-21(18-33)14-24(23)16-22)27-9-7-26(8-10-27)35-13-12-34-30(35)28-17-25(32)6-11-29(28)31(2,3)38/h4-6,11-14,17,22,26-27,38H,7-10,15-16,19H2,1-3H3. The van der Waals surface area contributed by atoms with Crippen LogP contribution < -0.4 is 0 Å². The van der Waals surface area contributed by atoms with E-state index in [9.17, 15) is 15.2 Å². The van der Waals surface area contributed by atoms with Crippen LogP contribution >= 0.6 is 11.6 Å². The van der Waals surface area contributed by atoms with Crippen LogP contribution in [0, 0.1) is 17.2 Å². The number of hydrogen-bond donors (Lipinski definition) is 1. The molecule has 0 aliphatic heterocycles. The Bertz CT molecular complexity index is 1380. The highest BCUT2D eigenvalue weighted by atomic mass is 35.5. The molecular weight excluding hydrogens is 496 g/mol. The van der Waals surface area contributed by atoms with Crippen LogP contribution in [-0.4, -0.2) is 38.1 Å². The first-order chi connectivity index (χ1) is 18.1.